The van der Waals surface area contributed by atoms with Crippen LogP contribution in [0.25, 0.3) is 0 Å². The van der Waals surface area contributed by atoms with Gasteiger partial charge in [-0.3, -0.25) is 0 Å². The Kier molecular flexibility index (Phi) is 16.8. The van der Waals surface area contributed by atoms with Crippen LogP contribution in [0.1, 0.15) is 78.1 Å². The molecule has 4 nitrogen and oxygen atoms in total. The summed E-state index contributed by atoms with van der Waals surface area (Å²) in [6.07, 6.45) is 9.18. The summed E-state index contributed by atoms with van der Waals surface area (Å²) in [7, 11) is -4.10. The predicted octanol–water partition coefficient (Wildman–Crippen LogP) is 0.206. The van der Waals surface area contributed by atoms with E-state index in [1.165, 1.54) is 6.92 Å². The van der Waals surface area contributed by atoms with E-state index in [0.29, 0.717) is 6.42 Å². The Bertz CT molecular complexity index is 306. The van der Waals surface area contributed by atoms with E-state index in [1.807, 2.05) is 0 Å². The number of hydrogen-bond donors (Lipinski definition) is 1. The molecule has 0 aliphatic carbocycles. The van der Waals surface area contributed by atoms with Crippen LogP contribution in [0, 0.1) is 0 Å². The minimum Gasteiger partial charge on any atom is -0.748 e. The summed E-state index contributed by atoms with van der Waals surface area (Å²) in [6.45, 7) is 3.60. The molecule has 0 saturated heterocycles. The van der Waals surface area contributed by atoms with Gasteiger partial charge < -0.3 is 9.66 Å². The molecule has 6 heteroatoms. The Hall–Kier alpha value is 1.51. The first kappa shape index (κ1) is 23.8. The molecular formula is C14H29KO4S. The van der Waals surface area contributed by atoms with E-state index in [2.05, 4.69) is 6.92 Å². The third-order valence-electron chi connectivity index (χ3n) is 3.53. The summed E-state index contributed by atoms with van der Waals surface area (Å²) in [4.78, 5) is 0. The smallest absolute Gasteiger partial charge is 0.748 e. The van der Waals surface area contributed by atoms with Crippen LogP contribution < -0.4 is 51.4 Å². The van der Waals surface area contributed by atoms with Crippen molar-refractivity contribution in [1.82, 2.24) is 0 Å². The van der Waals surface area contributed by atoms with E-state index in [1.54, 1.807) is 0 Å². The molecule has 2 atom stereocenters. The Morgan fingerprint density at radius 2 is 1.40 bits per heavy atom. The Morgan fingerprint density at radius 1 is 0.950 bits per heavy atom. The van der Waals surface area contributed by atoms with E-state index in [9.17, 15) is 18.1 Å². The zero-order valence-corrected chi connectivity index (χ0v) is 17.2. The van der Waals surface area contributed by atoms with Crippen LogP contribution in [-0.4, -0.2) is 29.4 Å². The number of aliphatic hydroxyl groups is 1. The molecule has 0 aliphatic rings. The third kappa shape index (κ3) is 14.4. The van der Waals surface area contributed by atoms with Crippen molar-refractivity contribution in [2.24, 2.45) is 0 Å². The minimum absolute atomic E-state index is 0. The van der Waals surface area contributed by atoms with Gasteiger partial charge in [0, 0.05) is 5.25 Å². The second kappa shape index (κ2) is 14.1. The van der Waals surface area contributed by atoms with Gasteiger partial charge in [-0.05, 0) is 26.2 Å². The molecule has 0 bridgehead atoms. The number of hydrogen-bond acceptors (Lipinski definition) is 4. The number of unbranched alkanes of at least 4 members (excludes halogenated alkanes) is 5. The molecular weight excluding hydrogens is 303 g/mol. The Morgan fingerprint density at radius 3 is 1.90 bits per heavy atom. The fourth-order valence-corrected chi connectivity index (χ4v) is 2.53. The van der Waals surface area contributed by atoms with Gasteiger partial charge in [0.25, 0.3) is 0 Å². The van der Waals surface area contributed by atoms with Crippen LogP contribution >= 0.6 is 0 Å². The fraction of sp³-hybridized carbons (Fsp3) is 1.00. The average Bonchev–Trinajstić information content (AvgIpc) is 2.33. The Balaban J connectivity index is 0. The van der Waals surface area contributed by atoms with Crippen molar-refractivity contribution < 1.29 is 69.5 Å². The zero-order chi connectivity index (χ0) is 14.7. The largest absolute Gasteiger partial charge is 1.00 e. The van der Waals surface area contributed by atoms with Gasteiger partial charge in [-0.15, -0.1) is 0 Å². The molecule has 0 rings (SSSR count). The zero-order valence-electron chi connectivity index (χ0n) is 13.3. The summed E-state index contributed by atoms with van der Waals surface area (Å²) in [5.74, 6) is 0. The monoisotopic (exact) mass is 332 g/mol. The van der Waals surface area contributed by atoms with Gasteiger partial charge in [-0.2, -0.15) is 0 Å². The SMILES string of the molecule is CCCCC(O)CCCCCCCC(C)S(=O)(=O)[O-].[K+]. The van der Waals surface area contributed by atoms with Gasteiger partial charge in [0.1, 0.15) is 0 Å². The normalized spacial score (nSPS) is 14.6. The molecule has 0 amide bonds. The van der Waals surface area contributed by atoms with E-state index in [0.717, 1.165) is 57.8 Å². The molecule has 0 spiro atoms. The topological polar surface area (TPSA) is 77.4 Å². The van der Waals surface area contributed by atoms with Crippen LogP contribution in [0.15, 0.2) is 0 Å². The quantitative estimate of drug-likeness (QED) is 0.315. The molecule has 0 radical (unpaired) electrons. The fourth-order valence-electron chi connectivity index (χ4n) is 2.07. The van der Waals surface area contributed by atoms with E-state index < -0.39 is 15.4 Å². The maximum atomic E-state index is 10.7. The molecule has 0 saturated carbocycles. The van der Waals surface area contributed by atoms with Crippen molar-refractivity contribution in [1.29, 1.82) is 0 Å². The van der Waals surface area contributed by atoms with Crippen molar-refractivity contribution in [3.63, 3.8) is 0 Å². The van der Waals surface area contributed by atoms with Gasteiger partial charge in [0.15, 0.2) is 0 Å². The molecule has 0 aromatic carbocycles. The first-order chi connectivity index (χ1) is 8.88. The number of rotatable bonds is 12. The molecule has 1 N–H and O–H groups in total. The summed E-state index contributed by atoms with van der Waals surface area (Å²) < 4.78 is 32.0. The van der Waals surface area contributed by atoms with Crippen LogP contribution in [-0.2, 0) is 10.1 Å². The van der Waals surface area contributed by atoms with Gasteiger partial charge in [0.2, 0.25) is 0 Å². The molecule has 0 aliphatic heterocycles. The van der Waals surface area contributed by atoms with E-state index >= 15 is 0 Å². The van der Waals surface area contributed by atoms with Crippen LogP contribution in [0.3, 0.4) is 0 Å². The first-order valence-electron chi connectivity index (χ1n) is 7.50. The molecule has 0 aromatic rings. The number of aliphatic hydroxyl groups excluding tert-OH is 1. The van der Waals surface area contributed by atoms with Crippen molar-refractivity contribution in [3.05, 3.63) is 0 Å². The maximum Gasteiger partial charge on any atom is 1.00 e. The predicted molar refractivity (Wildman–Crippen MR) is 77.0 cm³/mol. The van der Waals surface area contributed by atoms with Crippen molar-refractivity contribution >= 4 is 10.1 Å². The van der Waals surface area contributed by atoms with Gasteiger partial charge in [-0.25, -0.2) is 8.42 Å². The van der Waals surface area contributed by atoms with Crippen LogP contribution in [0.5, 0.6) is 0 Å². The minimum atomic E-state index is -4.10. The van der Waals surface area contributed by atoms with Crippen LogP contribution in [0.2, 0.25) is 0 Å². The van der Waals surface area contributed by atoms with Gasteiger partial charge in [-0.1, -0.05) is 51.9 Å². The summed E-state index contributed by atoms with van der Waals surface area (Å²) in [5, 5.41) is 8.88. The van der Waals surface area contributed by atoms with Crippen LogP contribution in [0.4, 0.5) is 0 Å². The molecule has 20 heavy (non-hydrogen) atoms. The second-order valence-corrected chi connectivity index (χ2v) is 7.23. The standard InChI is InChI=1S/C14H30O4S.K/c1-3-4-11-14(15)12-9-7-5-6-8-10-13(2)19(16,17)18;/h13-15H,3-12H2,1-2H3,(H,16,17,18);/q;+1/p-1. The average molecular weight is 333 g/mol. The summed E-state index contributed by atoms with van der Waals surface area (Å²) in [6, 6.07) is 0. The van der Waals surface area contributed by atoms with Crippen molar-refractivity contribution in [3.8, 4) is 0 Å². The molecule has 0 aromatic heterocycles. The third-order valence-corrected chi connectivity index (χ3v) is 4.75. The van der Waals surface area contributed by atoms with E-state index in [-0.39, 0.29) is 57.5 Å². The molecule has 0 fully saturated rings. The maximum absolute atomic E-state index is 10.7. The van der Waals surface area contributed by atoms with Crippen molar-refractivity contribution in [2.75, 3.05) is 0 Å². The first-order valence-corrected chi connectivity index (χ1v) is 8.97. The molecule has 116 valence electrons. The summed E-state index contributed by atoms with van der Waals surface area (Å²) in [5.41, 5.74) is 0. The summed E-state index contributed by atoms with van der Waals surface area (Å²) >= 11 is 0. The molecule has 2 unspecified atom stereocenters. The second-order valence-electron chi connectivity index (χ2n) is 5.44. The Labute approximate surface area is 167 Å². The van der Waals surface area contributed by atoms with E-state index in [4.69, 9.17) is 0 Å². The molecule has 0 heterocycles. The van der Waals surface area contributed by atoms with Gasteiger partial charge >= 0.3 is 51.4 Å². The van der Waals surface area contributed by atoms with Gasteiger partial charge in [0.05, 0.1) is 16.2 Å². The van der Waals surface area contributed by atoms with Crippen molar-refractivity contribution in [2.45, 2.75) is 89.4 Å².